The third-order valence-electron chi connectivity index (χ3n) is 3.93. The fraction of sp³-hybridized carbons (Fsp3) is 0.625. The maximum absolute atomic E-state index is 12.5. The molecule has 0 amide bonds. The van der Waals surface area contributed by atoms with Crippen molar-refractivity contribution < 1.29 is 14.3 Å². The molecule has 0 aromatic carbocycles. The molecule has 5 heteroatoms. The summed E-state index contributed by atoms with van der Waals surface area (Å²) in [7, 11) is 0. The summed E-state index contributed by atoms with van der Waals surface area (Å²) in [6.07, 6.45) is 0.279. The SMILES string of the molecule is CC(=O)c1c(C)[nH]c(C(=O)CN2C[C@H](C)O[C@@H](C)C2)c1C. The molecule has 1 N–H and O–H groups in total. The Morgan fingerprint density at radius 2 is 1.81 bits per heavy atom. The Labute approximate surface area is 125 Å². The molecule has 1 aliphatic heterocycles. The number of aromatic amines is 1. The number of hydrogen-bond donors (Lipinski definition) is 1. The summed E-state index contributed by atoms with van der Waals surface area (Å²) in [5, 5.41) is 0. The van der Waals surface area contributed by atoms with Crippen molar-refractivity contribution in [2.24, 2.45) is 0 Å². The molecule has 0 saturated carbocycles. The molecular weight excluding hydrogens is 268 g/mol. The lowest BCUT2D eigenvalue weighted by Gasteiger charge is -2.34. The molecule has 2 rings (SSSR count). The van der Waals surface area contributed by atoms with E-state index in [9.17, 15) is 9.59 Å². The van der Waals surface area contributed by atoms with Crippen LogP contribution in [0.4, 0.5) is 0 Å². The van der Waals surface area contributed by atoms with Crippen LogP contribution in [0.1, 0.15) is 52.9 Å². The van der Waals surface area contributed by atoms with Crippen LogP contribution in [0, 0.1) is 13.8 Å². The van der Waals surface area contributed by atoms with E-state index in [0.717, 1.165) is 24.3 Å². The molecule has 2 heterocycles. The van der Waals surface area contributed by atoms with Crippen molar-refractivity contribution in [3.05, 3.63) is 22.5 Å². The third kappa shape index (κ3) is 3.41. The third-order valence-corrected chi connectivity index (χ3v) is 3.93. The van der Waals surface area contributed by atoms with Crippen molar-refractivity contribution in [1.82, 2.24) is 9.88 Å². The second kappa shape index (κ2) is 6.12. The van der Waals surface area contributed by atoms with Crippen molar-refractivity contribution in [2.45, 2.75) is 46.8 Å². The number of rotatable bonds is 4. The van der Waals surface area contributed by atoms with Crippen LogP contribution < -0.4 is 0 Å². The number of H-pyrrole nitrogens is 1. The number of nitrogens with zero attached hydrogens (tertiary/aromatic N) is 1. The fourth-order valence-corrected chi connectivity index (χ4v) is 3.25. The molecule has 1 aromatic heterocycles. The first-order valence-corrected chi connectivity index (χ1v) is 7.40. The van der Waals surface area contributed by atoms with Gasteiger partial charge in [0.15, 0.2) is 11.6 Å². The molecule has 1 aliphatic rings. The number of ketones is 2. The zero-order chi connectivity index (χ0) is 15.7. The second-order valence-corrected chi connectivity index (χ2v) is 6.06. The molecule has 0 spiro atoms. The van der Waals surface area contributed by atoms with Gasteiger partial charge in [-0.15, -0.1) is 0 Å². The Morgan fingerprint density at radius 3 is 2.29 bits per heavy atom. The summed E-state index contributed by atoms with van der Waals surface area (Å²) in [5.74, 6) is 0.0262. The first-order valence-electron chi connectivity index (χ1n) is 7.40. The molecule has 1 fully saturated rings. The van der Waals surface area contributed by atoms with Gasteiger partial charge in [0.05, 0.1) is 24.4 Å². The molecule has 1 saturated heterocycles. The van der Waals surface area contributed by atoms with Gasteiger partial charge < -0.3 is 9.72 Å². The van der Waals surface area contributed by atoms with Gasteiger partial charge in [0.1, 0.15) is 0 Å². The lowest BCUT2D eigenvalue weighted by Crippen LogP contribution is -2.47. The molecule has 0 bridgehead atoms. The minimum Gasteiger partial charge on any atom is -0.373 e. The fourth-order valence-electron chi connectivity index (χ4n) is 3.25. The highest BCUT2D eigenvalue weighted by molar-refractivity contribution is 6.03. The van der Waals surface area contributed by atoms with Crippen LogP contribution in [-0.4, -0.2) is 53.3 Å². The summed E-state index contributed by atoms with van der Waals surface area (Å²) < 4.78 is 5.68. The number of hydrogen-bond acceptors (Lipinski definition) is 4. The minimum atomic E-state index is -0.00563. The van der Waals surface area contributed by atoms with Gasteiger partial charge in [0, 0.05) is 24.3 Å². The highest BCUT2D eigenvalue weighted by Crippen LogP contribution is 2.20. The quantitative estimate of drug-likeness (QED) is 0.864. The highest BCUT2D eigenvalue weighted by Gasteiger charge is 2.26. The Hall–Kier alpha value is -1.46. The molecule has 1 aromatic rings. The van der Waals surface area contributed by atoms with Crippen LogP contribution in [0.25, 0.3) is 0 Å². The normalized spacial score (nSPS) is 23.3. The van der Waals surface area contributed by atoms with Gasteiger partial charge in [0.25, 0.3) is 0 Å². The van der Waals surface area contributed by atoms with Gasteiger partial charge in [-0.05, 0) is 40.2 Å². The van der Waals surface area contributed by atoms with Crippen molar-refractivity contribution >= 4 is 11.6 Å². The van der Waals surface area contributed by atoms with E-state index in [4.69, 9.17) is 4.74 Å². The second-order valence-electron chi connectivity index (χ2n) is 6.06. The predicted molar refractivity (Wildman–Crippen MR) is 81.1 cm³/mol. The molecule has 116 valence electrons. The van der Waals surface area contributed by atoms with Crippen LogP contribution in [0.15, 0.2) is 0 Å². The number of Topliss-reactive ketones (excluding diaryl/α,β-unsaturated/α-hetero) is 2. The van der Waals surface area contributed by atoms with Gasteiger partial charge in [-0.3, -0.25) is 14.5 Å². The molecule has 21 heavy (non-hydrogen) atoms. The van der Waals surface area contributed by atoms with E-state index >= 15 is 0 Å². The summed E-state index contributed by atoms with van der Waals surface area (Å²) in [6.45, 7) is 11.1. The number of morpholine rings is 1. The molecule has 2 atom stereocenters. The number of aromatic nitrogens is 1. The van der Waals surface area contributed by atoms with Gasteiger partial charge >= 0.3 is 0 Å². The standard InChI is InChI=1S/C16H24N2O3/c1-9-6-18(7-10(2)21-9)8-14(20)16-11(3)15(13(5)19)12(4)17-16/h9-10,17H,6-8H2,1-5H3/t9-,10-/m0/s1. The average molecular weight is 292 g/mol. The number of carbonyl (C=O) groups excluding carboxylic acids is 2. The molecular formula is C16H24N2O3. The van der Waals surface area contributed by atoms with Crippen LogP contribution in [-0.2, 0) is 4.74 Å². The Balaban J connectivity index is 2.14. The Morgan fingerprint density at radius 1 is 1.24 bits per heavy atom. The number of aryl methyl sites for hydroxylation is 1. The number of nitrogens with one attached hydrogen (secondary N) is 1. The Bertz CT molecular complexity index is 552. The minimum absolute atomic E-state index is 0.00563. The van der Waals surface area contributed by atoms with E-state index in [0.29, 0.717) is 17.8 Å². The summed E-state index contributed by atoms with van der Waals surface area (Å²) in [6, 6.07) is 0. The van der Waals surface area contributed by atoms with Gasteiger partial charge in [-0.25, -0.2) is 0 Å². The largest absolute Gasteiger partial charge is 0.373 e. The average Bonchev–Trinajstić information content (AvgIpc) is 2.63. The van der Waals surface area contributed by atoms with Crippen LogP contribution in [0.3, 0.4) is 0 Å². The van der Waals surface area contributed by atoms with Crippen molar-refractivity contribution in [1.29, 1.82) is 0 Å². The lowest BCUT2D eigenvalue weighted by atomic mass is 10.0. The van der Waals surface area contributed by atoms with E-state index in [1.807, 2.05) is 27.7 Å². The summed E-state index contributed by atoms with van der Waals surface area (Å²) in [4.78, 5) is 29.3. The maximum Gasteiger partial charge on any atom is 0.193 e. The Kier molecular flexibility index (Phi) is 4.64. The van der Waals surface area contributed by atoms with Gasteiger partial charge in [-0.2, -0.15) is 0 Å². The zero-order valence-corrected chi connectivity index (χ0v) is 13.4. The predicted octanol–water partition coefficient (Wildman–Crippen LogP) is 2.13. The zero-order valence-electron chi connectivity index (χ0n) is 13.4. The number of carbonyl (C=O) groups is 2. The van der Waals surface area contributed by atoms with E-state index in [1.54, 1.807) is 0 Å². The van der Waals surface area contributed by atoms with Crippen LogP contribution >= 0.6 is 0 Å². The number of ether oxygens (including phenoxy) is 1. The van der Waals surface area contributed by atoms with E-state index < -0.39 is 0 Å². The lowest BCUT2D eigenvalue weighted by molar-refractivity contribution is -0.0652. The van der Waals surface area contributed by atoms with E-state index in [2.05, 4.69) is 9.88 Å². The smallest absolute Gasteiger partial charge is 0.193 e. The highest BCUT2D eigenvalue weighted by atomic mass is 16.5. The van der Waals surface area contributed by atoms with Crippen molar-refractivity contribution in [3.63, 3.8) is 0 Å². The summed E-state index contributed by atoms with van der Waals surface area (Å²) in [5.41, 5.74) is 2.73. The van der Waals surface area contributed by atoms with Crippen molar-refractivity contribution in [3.8, 4) is 0 Å². The summed E-state index contributed by atoms with van der Waals surface area (Å²) >= 11 is 0. The first kappa shape index (κ1) is 15.9. The first-order chi connectivity index (χ1) is 9.79. The molecule has 0 aliphatic carbocycles. The van der Waals surface area contributed by atoms with Gasteiger partial charge in [-0.1, -0.05) is 0 Å². The van der Waals surface area contributed by atoms with Crippen LogP contribution in [0.2, 0.25) is 0 Å². The van der Waals surface area contributed by atoms with E-state index in [1.165, 1.54) is 6.92 Å². The molecule has 0 unspecified atom stereocenters. The van der Waals surface area contributed by atoms with Crippen LogP contribution in [0.5, 0.6) is 0 Å². The van der Waals surface area contributed by atoms with E-state index in [-0.39, 0.29) is 23.8 Å². The monoisotopic (exact) mass is 292 g/mol. The topological polar surface area (TPSA) is 62.4 Å². The van der Waals surface area contributed by atoms with Crippen molar-refractivity contribution in [2.75, 3.05) is 19.6 Å². The van der Waals surface area contributed by atoms with Gasteiger partial charge in [0.2, 0.25) is 0 Å². The molecule has 5 nitrogen and oxygen atoms in total. The molecule has 0 radical (unpaired) electrons. The maximum atomic E-state index is 12.5.